The smallest absolute Gasteiger partial charge is 0.157 e. The number of hydrogen-bond acceptors (Lipinski definition) is 3. The van der Waals surface area contributed by atoms with Crippen LogP contribution in [0.4, 0.5) is 0 Å². The van der Waals surface area contributed by atoms with E-state index >= 15 is 0 Å². The van der Waals surface area contributed by atoms with Gasteiger partial charge in [-0.15, -0.1) is 6.42 Å². The van der Waals surface area contributed by atoms with Crippen LogP contribution in [0.2, 0.25) is 0 Å². The average Bonchev–Trinajstić information content (AvgIpc) is 2.62. The Morgan fingerprint density at radius 3 is 1.87 bits per heavy atom. The molecule has 23 heavy (non-hydrogen) atoms. The molecule has 0 saturated heterocycles. The predicted octanol–water partition coefficient (Wildman–Crippen LogP) is 3.81. The van der Waals surface area contributed by atoms with Crippen LogP contribution < -0.4 is 9.47 Å². The zero-order chi connectivity index (χ0) is 16.7. The molecule has 0 unspecified atom stereocenters. The molecule has 3 nitrogen and oxygen atoms in total. The van der Waals surface area contributed by atoms with Crippen LogP contribution in [0.25, 0.3) is 0 Å². The molecular formula is C20H22O3. The summed E-state index contributed by atoms with van der Waals surface area (Å²) in [6.07, 6.45) is 6.46. The van der Waals surface area contributed by atoms with Crippen LogP contribution in [0.3, 0.4) is 0 Å². The van der Waals surface area contributed by atoms with E-state index in [0.717, 1.165) is 22.6 Å². The number of terminal acetylenes is 1. The van der Waals surface area contributed by atoms with Crippen molar-refractivity contribution in [3.8, 4) is 23.8 Å². The van der Waals surface area contributed by atoms with E-state index in [2.05, 4.69) is 5.92 Å². The van der Waals surface area contributed by atoms with Crippen molar-refractivity contribution < 1.29 is 14.2 Å². The maximum absolute atomic E-state index is 5.99. The van der Waals surface area contributed by atoms with Crippen LogP contribution in [-0.4, -0.2) is 20.8 Å². The summed E-state index contributed by atoms with van der Waals surface area (Å²) >= 11 is 0. The molecule has 0 bridgehead atoms. The number of ether oxygens (including phenoxy) is 3. The molecule has 0 fully saturated rings. The van der Waals surface area contributed by atoms with Crippen molar-refractivity contribution >= 4 is 0 Å². The van der Waals surface area contributed by atoms with E-state index in [9.17, 15) is 0 Å². The largest absolute Gasteiger partial charge is 0.497 e. The molecule has 1 atom stereocenters. The predicted molar refractivity (Wildman–Crippen MR) is 91.8 cm³/mol. The van der Waals surface area contributed by atoms with Crippen LogP contribution in [0.5, 0.6) is 11.5 Å². The summed E-state index contributed by atoms with van der Waals surface area (Å²) in [5, 5.41) is 0. The molecule has 0 N–H and O–H groups in total. The van der Waals surface area contributed by atoms with Gasteiger partial charge in [-0.25, -0.2) is 0 Å². The van der Waals surface area contributed by atoms with Crippen LogP contribution in [0.15, 0.2) is 48.5 Å². The molecule has 0 aliphatic carbocycles. The molecule has 0 aliphatic rings. The summed E-state index contributed by atoms with van der Waals surface area (Å²) in [7, 11) is 3.29. The van der Waals surface area contributed by atoms with Gasteiger partial charge in [0.05, 0.1) is 14.2 Å². The Morgan fingerprint density at radius 2 is 1.43 bits per heavy atom. The molecule has 2 aromatic carbocycles. The summed E-state index contributed by atoms with van der Waals surface area (Å²) < 4.78 is 16.4. The van der Waals surface area contributed by atoms with Gasteiger partial charge in [0.1, 0.15) is 11.5 Å². The fraction of sp³-hybridized carbons (Fsp3) is 0.300. The lowest BCUT2D eigenvalue weighted by molar-refractivity contribution is 0.00370. The molecule has 0 aliphatic heterocycles. The highest BCUT2D eigenvalue weighted by Gasteiger charge is 2.31. The quantitative estimate of drug-likeness (QED) is 0.728. The zero-order valence-corrected chi connectivity index (χ0v) is 13.8. The van der Waals surface area contributed by atoms with Gasteiger partial charge < -0.3 is 14.2 Å². The molecule has 0 spiro atoms. The minimum absolute atomic E-state index is 0.534. The van der Waals surface area contributed by atoms with Crippen molar-refractivity contribution in [1.29, 1.82) is 0 Å². The standard InChI is InChI=1S/C20H22O3/c1-5-20(23-6-2,17-9-13-19(22-4)14-10-17)15-16-7-11-18(21-3)12-8-16/h1,7-14H,6,15H2,2-4H3/t20-/m1/s1. The number of benzene rings is 2. The highest BCUT2D eigenvalue weighted by atomic mass is 16.5. The van der Waals surface area contributed by atoms with E-state index in [1.807, 2.05) is 55.5 Å². The van der Waals surface area contributed by atoms with E-state index in [0.29, 0.717) is 13.0 Å². The SMILES string of the molecule is C#C[C@](Cc1ccc(OC)cc1)(OCC)c1ccc(OC)cc1. The Kier molecular flexibility index (Phi) is 5.67. The Hall–Kier alpha value is -2.44. The second-order valence-corrected chi connectivity index (χ2v) is 5.16. The van der Waals surface area contributed by atoms with E-state index in [-0.39, 0.29) is 0 Å². The van der Waals surface area contributed by atoms with Gasteiger partial charge in [0.25, 0.3) is 0 Å². The normalized spacial score (nSPS) is 13.0. The summed E-state index contributed by atoms with van der Waals surface area (Å²) in [6, 6.07) is 15.6. The molecule has 0 radical (unpaired) electrons. The van der Waals surface area contributed by atoms with E-state index in [1.54, 1.807) is 14.2 Å². The minimum Gasteiger partial charge on any atom is -0.497 e. The van der Waals surface area contributed by atoms with E-state index in [4.69, 9.17) is 20.6 Å². The first-order chi connectivity index (χ1) is 11.2. The van der Waals surface area contributed by atoms with E-state index in [1.165, 1.54) is 0 Å². The molecule has 2 rings (SSSR count). The van der Waals surface area contributed by atoms with Crippen molar-refractivity contribution in [3.05, 3.63) is 59.7 Å². The van der Waals surface area contributed by atoms with Crippen molar-refractivity contribution in [2.24, 2.45) is 0 Å². The number of rotatable bonds is 7. The molecule has 0 saturated carbocycles. The van der Waals surface area contributed by atoms with Gasteiger partial charge in [-0.05, 0) is 42.3 Å². The zero-order valence-electron chi connectivity index (χ0n) is 13.8. The van der Waals surface area contributed by atoms with Gasteiger partial charge in [0.15, 0.2) is 5.60 Å². The van der Waals surface area contributed by atoms with Gasteiger partial charge in [-0.2, -0.15) is 0 Å². The average molecular weight is 310 g/mol. The third-order valence-corrected chi connectivity index (χ3v) is 3.79. The maximum atomic E-state index is 5.99. The lowest BCUT2D eigenvalue weighted by Crippen LogP contribution is -2.30. The second kappa shape index (κ2) is 7.71. The first-order valence-corrected chi connectivity index (χ1v) is 7.56. The summed E-state index contributed by atoms with van der Waals surface area (Å²) in [5.74, 6) is 4.47. The van der Waals surface area contributed by atoms with Gasteiger partial charge >= 0.3 is 0 Å². The lowest BCUT2D eigenvalue weighted by Gasteiger charge is -2.29. The molecule has 3 heteroatoms. The van der Waals surface area contributed by atoms with Gasteiger partial charge in [-0.1, -0.05) is 30.2 Å². The van der Waals surface area contributed by atoms with Crippen molar-refractivity contribution in [2.45, 2.75) is 18.9 Å². The molecular weight excluding hydrogens is 288 g/mol. The van der Waals surface area contributed by atoms with Crippen LogP contribution in [-0.2, 0) is 16.8 Å². The fourth-order valence-electron chi connectivity index (χ4n) is 2.55. The van der Waals surface area contributed by atoms with Crippen molar-refractivity contribution in [1.82, 2.24) is 0 Å². The highest BCUT2D eigenvalue weighted by molar-refractivity contribution is 5.39. The molecule has 0 amide bonds. The minimum atomic E-state index is -0.796. The fourth-order valence-corrected chi connectivity index (χ4v) is 2.55. The Morgan fingerprint density at radius 1 is 0.913 bits per heavy atom. The Labute approximate surface area is 138 Å². The lowest BCUT2D eigenvalue weighted by atomic mass is 9.87. The van der Waals surface area contributed by atoms with Crippen molar-refractivity contribution in [3.63, 3.8) is 0 Å². The number of hydrogen-bond donors (Lipinski definition) is 0. The van der Waals surface area contributed by atoms with E-state index < -0.39 is 5.60 Å². The van der Waals surface area contributed by atoms with Gasteiger partial charge in [0, 0.05) is 13.0 Å². The van der Waals surface area contributed by atoms with Crippen LogP contribution in [0, 0.1) is 12.3 Å². The number of methoxy groups -OCH3 is 2. The third kappa shape index (κ3) is 3.85. The van der Waals surface area contributed by atoms with Gasteiger partial charge in [-0.3, -0.25) is 0 Å². The Balaban J connectivity index is 2.35. The molecule has 2 aromatic rings. The highest BCUT2D eigenvalue weighted by Crippen LogP contribution is 2.31. The van der Waals surface area contributed by atoms with Crippen LogP contribution >= 0.6 is 0 Å². The van der Waals surface area contributed by atoms with Gasteiger partial charge in [0.2, 0.25) is 0 Å². The Bertz CT molecular complexity index is 653. The first-order valence-electron chi connectivity index (χ1n) is 7.56. The maximum Gasteiger partial charge on any atom is 0.157 e. The molecule has 120 valence electrons. The van der Waals surface area contributed by atoms with Crippen molar-refractivity contribution in [2.75, 3.05) is 20.8 Å². The topological polar surface area (TPSA) is 27.7 Å². The first kappa shape index (κ1) is 16.9. The second-order valence-electron chi connectivity index (χ2n) is 5.16. The molecule has 0 aromatic heterocycles. The summed E-state index contributed by atoms with van der Waals surface area (Å²) in [5.41, 5.74) is 1.24. The van der Waals surface area contributed by atoms with Crippen LogP contribution in [0.1, 0.15) is 18.1 Å². The summed E-state index contributed by atoms with van der Waals surface area (Å²) in [4.78, 5) is 0. The molecule has 0 heterocycles. The summed E-state index contributed by atoms with van der Waals surface area (Å²) in [6.45, 7) is 2.48. The third-order valence-electron chi connectivity index (χ3n) is 3.79. The monoisotopic (exact) mass is 310 g/mol.